The minimum atomic E-state index is -4.52. The lowest BCUT2D eigenvalue weighted by Gasteiger charge is -2.23. The van der Waals surface area contributed by atoms with E-state index in [0.29, 0.717) is 18.8 Å². The smallest absolute Gasteiger partial charge is 0.416 e. The number of ether oxygens (including phenoxy) is 1. The molecule has 1 N–H and O–H groups in total. The molecule has 148 valence electrons. The van der Waals surface area contributed by atoms with Gasteiger partial charge in [0.1, 0.15) is 0 Å². The molecule has 1 aliphatic rings. The lowest BCUT2D eigenvalue weighted by molar-refractivity contribution is -0.137. The lowest BCUT2D eigenvalue weighted by atomic mass is 10.1. The van der Waals surface area contributed by atoms with Gasteiger partial charge in [0.05, 0.1) is 29.6 Å². The number of nitrogens with one attached hydrogen (secondary N) is 1. The van der Waals surface area contributed by atoms with Crippen molar-refractivity contribution in [2.45, 2.75) is 19.0 Å². The summed E-state index contributed by atoms with van der Waals surface area (Å²) in [6.45, 7) is 1.43. The highest BCUT2D eigenvalue weighted by Gasteiger charge is 2.32. The highest BCUT2D eigenvalue weighted by atomic mass is 19.4. The average Bonchev–Trinajstić information content (AvgIpc) is 3.21. The van der Waals surface area contributed by atoms with Crippen molar-refractivity contribution < 1.29 is 27.5 Å². The van der Waals surface area contributed by atoms with Gasteiger partial charge < -0.3 is 15.0 Å². The number of alkyl halides is 3. The SMILES string of the molecule is COC(=O)c1cccc(C(=O)Nc2cc(C(F)(F)F)ccc2N2CCCC2)c1. The Morgan fingerprint density at radius 1 is 1.04 bits per heavy atom. The van der Waals surface area contributed by atoms with Crippen LogP contribution in [0.15, 0.2) is 42.5 Å². The Morgan fingerprint density at radius 2 is 1.71 bits per heavy atom. The first-order valence-corrected chi connectivity index (χ1v) is 8.75. The Kier molecular flexibility index (Phi) is 5.58. The van der Waals surface area contributed by atoms with Crippen LogP contribution in [0.5, 0.6) is 0 Å². The predicted molar refractivity (Wildman–Crippen MR) is 98.6 cm³/mol. The third-order valence-corrected chi connectivity index (χ3v) is 4.56. The summed E-state index contributed by atoms with van der Waals surface area (Å²) in [5.41, 5.74) is 0.119. The predicted octanol–water partition coefficient (Wildman–Crippen LogP) is 4.34. The van der Waals surface area contributed by atoms with Crippen LogP contribution in [0.25, 0.3) is 0 Å². The number of esters is 1. The lowest BCUT2D eigenvalue weighted by Crippen LogP contribution is -2.22. The van der Waals surface area contributed by atoms with Gasteiger partial charge in [0, 0.05) is 18.7 Å². The van der Waals surface area contributed by atoms with Crippen molar-refractivity contribution in [1.82, 2.24) is 0 Å². The van der Waals surface area contributed by atoms with Crippen molar-refractivity contribution in [2.24, 2.45) is 0 Å². The van der Waals surface area contributed by atoms with E-state index in [9.17, 15) is 22.8 Å². The number of carbonyl (C=O) groups is 2. The number of nitrogens with zero attached hydrogens (tertiary/aromatic N) is 1. The highest BCUT2D eigenvalue weighted by Crippen LogP contribution is 2.36. The molecule has 3 rings (SSSR count). The van der Waals surface area contributed by atoms with Crippen LogP contribution in [0.1, 0.15) is 39.1 Å². The van der Waals surface area contributed by atoms with Crippen molar-refractivity contribution in [3.63, 3.8) is 0 Å². The van der Waals surface area contributed by atoms with Gasteiger partial charge in [0.15, 0.2) is 0 Å². The van der Waals surface area contributed by atoms with Crippen LogP contribution < -0.4 is 10.2 Å². The fraction of sp³-hybridized carbons (Fsp3) is 0.300. The van der Waals surface area contributed by atoms with Gasteiger partial charge in [-0.05, 0) is 49.2 Å². The molecule has 0 aromatic heterocycles. The molecule has 8 heteroatoms. The van der Waals surface area contributed by atoms with Gasteiger partial charge >= 0.3 is 12.1 Å². The zero-order chi connectivity index (χ0) is 20.3. The van der Waals surface area contributed by atoms with Crippen molar-refractivity contribution in [3.05, 3.63) is 59.2 Å². The molecule has 2 aromatic rings. The van der Waals surface area contributed by atoms with Crippen LogP contribution >= 0.6 is 0 Å². The largest absolute Gasteiger partial charge is 0.465 e. The molecule has 1 saturated heterocycles. The Labute approximate surface area is 160 Å². The molecular formula is C20H19F3N2O3. The quantitative estimate of drug-likeness (QED) is 0.787. The van der Waals surface area contributed by atoms with Crippen LogP contribution in [0.3, 0.4) is 0 Å². The molecule has 0 spiro atoms. The van der Waals surface area contributed by atoms with Gasteiger partial charge in [-0.2, -0.15) is 13.2 Å². The third-order valence-electron chi connectivity index (χ3n) is 4.56. The number of hydrogen-bond acceptors (Lipinski definition) is 4. The first-order chi connectivity index (χ1) is 13.3. The zero-order valence-electron chi connectivity index (χ0n) is 15.2. The van der Waals surface area contributed by atoms with Crippen LogP contribution in [-0.2, 0) is 10.9 Å². The van der Waals surface area contributed by atoms with E-state index in [0.717, 1.165) is 25.0 Å². The van der Waals surface area contributed by atoms with Crippen LogP contribution in [0.2, 0.25) is 0 Å². The molecule has 1 fully saturated rings. The van der Waals surface area contributed by atoms with Gasteiger partial charge in [-0.3, -0.25) is 4.79 Å². The Bertz CT molecular complexity index is 891. The van der Waals surface area contributed by atoms with Gasteiger partial charge in [-0.15, -0.1) is 0 Å². The topological polar surface area (TPSA) is 58.6 Å². The second-order valence-electron chi connectivity index (χ2n) is 6.45. The summed E-state index contributed by atoms with van der Waals surface area (Å²) in [7, 11) is 1.22. The van der Waals surface area contributed by atoms with Crippen LogP contribution in [0, 0.1) is 0 Å². The number of anilines is 2. The van der Waals surface area contributed by atoms with Crippen molar-refractivity contribution in [2.75, 3.05) is 30.4 Å². The molecule has 0 radical (unpaired) electrons. The molecule has 0 atom stereocenters. The normalized spacial score (nSPS) is 14.1. The number of rotatable bonds is 4. The number of amides is 1. The monoisotopic (exact) mass is 392 g/mol. The molecule has 1 heterocycles. The molecule has 0 unspecified atom stereocenters. The summed E-state index contributed by atoms with van der Waals surface area (Å²) in [6, 6.07) is 9.15. The van der Waals surface area contributed by atoms with E-state index in [1.165, 1.54) is 37.4 Å². The number of carbonyl (C=O) groups excluding carboxylic acids is 2. The highest BCUT2D eigenvalue weighted by molar-refractivity contribution is 6.07. The Balaban J connectivity index is 1.93. The van der Waals surface area contributed by atoms with E-state index in [-0.39, 0.29) is 16.8 Å². The molecule has 0 bridgehead atoms. The van der Waals surface area contributed by atoms with E-state index in [1.807, 2.05) is 4.90 Å². The number of hydrogen-bond donors (Lipinski definition) is 1. The minimum absolute atomic E-state index is 0.0881. The summed E-state index contributed by atoms with van der Waals surface area (Å²) >= 11 is 0. The molecule has 0 aliphatic carbocycles. The molecule has 2 aromatic carbocycles. The summed E-state index contributed by atoms with van der Waals surface area (Å²) in [4.78, 5) is 26.2. The van der Waals surface area contributed by atoms with Gasteiger partial charge in [-0.25, -0.2) is 4.79 Å². The van der Waals surface area contributed by atoms with E-state index >= 15 is 0 Å². The van der Waals surface area contributed by atoms with Gasteiger partial charge in [-0.1, -0.05) is 6.07 Å². The molecule has 0 saturated carbocycles. The first-order valence-electron chi connectivity index (χ1n) is 8.75. The minimum Gasteiger partial charge on any atom is -0.465 e. The van der Waals surface area contributed by atoms with Crippen molar-refractivity contribution in [1.29, 1.82) is 0 Å². The number of methoxy groups -OCH3 is 1. The van der Waals surface area contributed by atoms with Crippen molar-refractivity contribution in [3.8, 4) is 0 Å². The van der Waals surface area contributed by atoms with Crippen LogP contribution in [0.4, 0.5) is 24.5 Å². The number of benzene rings is 2. The first kappa shape index (κ1) is 19.7. The average molecular weight is 392 g/mol. The maximum atomic E-state index is 13.1. The molecule has 28 heavy (non-hydrogen) atoms. The zero-order valence-corrected chi connectivity index (χ0v) is 15.2. The fourth-order valence-corrected chi connectivity index (χ4v) is 3.15. The maximum absolute atomic E-state index is 13.1. The van der Waals surface area contributed by atoms with Crippen LogP contribution in [-0.4, -0.2) is 32.1 Å². The Hall–Kier alpha value is -3.03. The molecule has 1 aliphatic heterocycles. The fourth-order valence-electron chi connectivity index (χ4n) is 3.15. The molecule has 1 amide bonds. The maximum Gasteiger partial charge on any atom is 0.416 e. The van der Waals surface area contributed by atoms with Crippen molar-refractivity contribution >= 4 is 23.3 Å². The summed E-state index contributed by atoms with van der Waals surface area (Å²) in [6.07, 6.45) is -2.64. The molecular weight excluding hydrogens is 373 g/mol. The second-order valence-corrected chi connectivity index (χ2v) is 6.45. The number of halogens is 3. The van der Waals surface area contributed by atoms with Gasteiger partial charge in [0.2, 0.25) is 0 Å². The molecule has 5 nitrogen and oxygen atoms in total. The van der Waals surface area contributed by atoms with E-state index < -0.39 is 23.6 Å². The van der Waals surface area contributed by atoms with E-state index in [1.54, 1.807) is 0 Å². The third kappa shape index (κ3) is 4.27. The van der Waals surface area contributed by atoms with E-state index in [2.05, 4.69) is 10.1 Å². The van der Waals surface area contributed by atoms with E-state index in [4.69, 9.17) is 0 Å². The Morgan fingerprint density at radius 3 is 2.36 bits per heavy atom. The second kappa shape index (κ2) is 7.92. The van der Waals surface area contributed by atoms with Gasteiger partial charge in [0.25, 0.3) is 5.91 Å². The summed E-state index contributed by atoms with van der Waals surface area (Å²) in [5.74, 6) is -1.21. The summed E-state index contributed by atoms with van der Waals surface area (Å²) in [5, 5.41) is 2.57. The standard InChI is InChI=1S/C20H19F3N2O3/c1-28-19(27)14-6-4-5-13(11-14)18(26)24-16-12-15(20(21,22)23)7-8-17(16)25-9-2-3-10-25/h4-8,11-12H,2-3,9-10H2,1H3,(H,24,26). The summed E-state index contributed by atoms with van der Waals surface area (Å²) < 4.78 is 44.0.